The average Bonchev–Trinajstić information content (AvgIpc) is 2.19. The smallest absolute Gasteiger partial charge is 0.0932 e. The normalized spacial score (nSPS) is 23.7. The largest absolute Gasteiger partial charge is 0.394 e. The maximum Gasteiger partial charge on any atom is 0.0932 e. The first kappa shape index (κ1) is 10.5. The number of hydrogen-bond donors (Lipinski definition) is 1. The number of rotatable bonds is 3. The first-order valence-electron chi connectivity index (χ1n) is 4.71. The van der Waals surface area contributed by atoms with Crippen LogP contribution < -0.4 is 0 Å². The molecule has 1 N–H and O–H groups in total. The molecule has 74 valence electrons. The zero-order valence-corrected chi connectivity index (χ0v) is 8.12. The van der Waals surface area contributed by atoms with Crippen molar-refractivity contribution >= 4 is 0 Å². The quantitative estimate of drug-likeness (QED) is 0.630. The average molecular weight is 183 g/mol. The predicted octanol–water partition coefficient (Wildman–Crippen LogP) is 0.0929. The van der Waals surface area contributed by atoms with Gasteiger partial charge in [0.15, 0.2) is 0 Å². The minimum absolute atomic E-state index is 0.00309. The summed E-state index contributed by atoms with van der Waals surface area (Å²) in [6.45, 7) is 5.49. The van der Waals surface area contributed by atoms with E-state index < -0.39 is 0 Å². The zero-order chi connectivity index (χ0) is 9.52. The molecule has 1 rings (SSSR count). The van der Waals surface area contributed by atoms with Crippen LogP contribution in [0.1, 0.15) is 13.3 Å². The molecule has 1 saturated heterocycles. The lowest BCUT2D eigenvalue weighted by Crippen LogP contribution is -2.44. The summed E-state index contributed by atoms with van der Waals surface area (Å²) in [6, 6.07) is 0. The molecule has 0 aromatic carbocycles. The van der Waals surface area contributed by atoms with Crippen LogP contribution in [-0.4, -0.2) is 49.0 Å². The molecule has 0 saturated carbocycles. The Morgan fingerprint density at radius 3 is 3.15 bits per heavy atom. The molecular formula is C10H17NO2. The van der Waals surface area contributed by atoms with Crippen LogP contribution in [0.25, 0.3) is 0 Å². The summed E-state index contributed by atoms with van der Waals surface area (Å²) >= 11 is 0. The van der Waals surface area contributed by atoms with Crippen molar-refractivity contribution in [2.75, 3.05) is 32.8 Å². The third kappa shape index (κ3) is 3.77. The fraction of sp³-hybridized carbons (Fsp3) is 0.800. The molecule has 1 aliphatic heterocycles. The first-order chi connectivity index (χ1) is 6.36. The second-order valence-electron chi connectivity index (χ2n) is 3.15. The lowest BCUT2D eigenvalue weighted by Gasteiger charge is -2.31. The van der Waals surface area contributed by atoms with Crippen LogP contribution in [0.5, 0.6) is 0 Å². The van der Waals surface area contributed by atoms with Crippen molar-refractivity contribution in [3.8, 4) is 11.8 Å². The Balaban J connectivity index is 2.20. The number of morpholine rings is 1. The Morgan fingerprint density at radius 2 is 2.46 bits per heavy atom. The Kier molecular flexibility index (Phi) is 4.84. The van der Waals surface area contributed by atoms with Gasteiger partial charge in [0.05, 0.1) is 19.3 Å². The van der Waals surface area contributed by atoms with Gasteiger partial charge in [0.1, 0.15) is 0 Å². The van der Waals surface area contributed by atoms with Gasteiger partial charge in [0.2, 0.25) is 0 Å². The standard InChI is InChI=1S/C10H17NO2/c1-2-3-4-5-11-6-7-13-10(8-11)9-12/h10,12H,4-9H2,1H3. The second kappa shape index (κ2) is 5.98. The van der Waals surface area contributed by atoms with Gasteiger partial charge < -0.3 is 9.84 Å². The van der Waals surface area contributed by atoms with Crippen LogP contribution in [0.4, 0.5) is 0 Å². The maximum atomic E-state index is 8.90. The summed E-state index contributed by atoms with van der Waals surface area (Å²) < 4.78 is 5.34. The van der Waals surface area contributed by atoms with E-state index in [-0.39, 0.29) is 12.7 Å². The minimum atomic E-state index is 0.00309. The van der Waals surface area contributed by atoms with Crippen LogP contribution in [0.15, 0.2) is 0 Å². The van der Waals surface area contributed by atoms with Gasteiger partial charge in [0, 0.05) is 26.1 Å². The molecule has 1 heterocycles. The van der Waals surface area contributed by atoms with Crippen molar-refractivity contribution in [3.05, 3.63) is 0 Å². The van der Waals surface area contributed by atoms with E-state index >= 15 is 0 Å². The van der Waals surface area contributed by atoms with Gasteiger partial charge in [-0.25, -0.2) is 0 Å². The number of ether oxygens (including phenoxy) is 1. The van der Waals surface area contributed by atoms with Crippen LogP contribution in [-0.2, 0) is 4.74 Å². The lowest BCUT2D eigenvalue weighted by molar-refractivity contribution is -0.0520. The third-order valence-corrected chi connectivity index (χ3v) is 2.16. The van der Waals surface area contributed by atoms with Gasteiger partial charge in [-0.05, 0) is 6.92 Å². The van der Waals surface area contributed by atoms with Gasteiger partial charge in [-0.15, -0.1) is 11.8 Å². The van der Waals surface area contributed by atoms with Gasteiger partial charge in [-0.3, -0.25) is 4.90 Å². The van der Waals surface area contributed by atoms with Crippen molar-refractivity contribution in [2.24, 2.45) is 0 Å². The van der Waals surface area contributed by atoms with E-state index in [2.05, 4.69) is 16.7 Å². The van der Waals surface area contributed by atoms with E-state index in [4.69, 9.17) is 9.84 Å². The van der Waals surface area contributed by atoms with Crippen molar-refractivity contribution in [1.82, 2.24) is 4.90 Å². The molecule has 0 bridgehead atoms. The molecule has 0 spiro atoms. The fourth-order valence-electron chi connectivity index (χ4n) is 1.43. The van der Waals surface area contributed by atoms with E-state index in [1.54, 1.807) is 0 Å². The predicted molar refractivity (Wildman–Crippen MR) is 51.3 cm³/mol. The van der Waals surface area contributed by atoms with Gasteiger partial charge in [-0.2, -0.15) is 0 Å². The summed E-state index contributed by atoms with van der Waals surface area (Å²) in [7, 11) is 0. The Hall–Kier alpha value is -0.560. The molecule has 3 heteroatoms. The number of hydrogen-bond acceptors (Lipinski definition) is 3. The topological polar surface area (TPSA) is 32.7 Å². The minimum Gasteiger partial charge on any atom is -0.394 e. The van der Waals surface area contributed by atoms with E-state index in [0.717, 1.165) is 32.7 Å². The van der Waals surface area contributed by atoms with Crippen molar-refractivity contribution in [3.63, 3.8) is 0 Å². The highest BCUT2D eigenvalue weighted by molar-refractivity contribution is 4.95. The molecule has 1 atom stereocenters. The molecule has 1 fully saturated rings. The zero-order valence-electron chi connectivity index (χ0n) is 8.12. The molecule has 1 unspecified atom stereocenters. The summed E-state index contributed by atoms with van der Waals surface area (Å²) in [4.78, 5) is 2.29. The Morgan fingerprint density at radius 1 is 1.62 bits per heavy atom. The monoisotopic (exact) mass is 183 g/mol. The SMILES string of the molecule is CC#CCCN1CCOC(CO)C1. The van der Waals surface area contributed by atoms with Crippen LogP contribution in [0, 0.1) is 11.8 Å². The van der Waals surface area contributed by atoms with Crippen molar-refractivity contribution in [2.45, 2.75) is 19.4 Å². The second-order valence-corrected chi connectivity index (χ2v) is 3.15. The van der Waals surface area contributed by atoms with Crippen molar-refractivity contribution < 1.29 is 9.84 Å². The summed E-state index contributed by atoms with van der Waals surface area (Å²) in [6.07, 6.45) is 0.914. The molecule has 0 radical (unpaired) electrons. The third-order valence-electron chi connectivity index (χ3n) is 2.16. The Labute approximate surface area is 79.7 Å². The Bertz CT molecular complexity index is 195. The van der Waals surface area contributed by atoms with Crippen LogP contribution in [0.3, 0.4) is 0 Å². The summed E-state index contributed by atoms with van der Waals surface area (Å²) in [5.41, 5.74) is 0. The van der Waals surface area contributed by atoms with Gasteiger partial charge in [0.25, 0.3) is 0 Å². The molecule has 0 aromatic heterocycles. The molecule has 0 aliphatic carbocycles. The van der Waals surface area contributed by atoms with Gasteiger partial charge in [-0.1, -0.05) is 0 Å². The van der Waals surface area contributed by atoms with E-state index in [1.165, 1.54) is 0 Å². The highest BCUT2D eigenvalue weighted by atomic mass is 16.5. The molecule has 1 aliphatic rings. The molecule has 0 amide bonds. The molecule has 13 heavy (non-hydrogen) atoms. The maximum absolute atomic E-state index is 8.90. The molecule has 0 aromatic rings. The highest BCUT2D eigenvalue weighted by Gasteiger charge is 2.18. The van der Waals surface area contributed by atoms with E-state index in [0.29, 0.717) is 0 Å². The van der Waals surface area contributed by atoms with Crippen molar-refractivity contribution in [1.29, 1.82) is 0 Å². The van der Waals surface area contributed by atoms with Crippen LogP contribution >= 0.6 is 0 Å². The van der Waals surface area contributed by atoms with Crippen LogP contribution in [0.2, 0.25) is 0 Å². The first-order valence-corrected chi connectivity index (χ1v) is 4.71. The number of aliphatic hydroxyl groups is 1. The molecular weight excluding hydrogens is 166 g/mol. The van der Waals surface area contributed by atoms with Gasteiger partial charge >= 0.3 is 0 Å². The molecule has 3 nitrogen and oxygen atoms in total. The summed E-state index contributed by atoms with van der Waals surface area (Å²) in [5, 5.41) is 8.90. The highest BCUT2D eigenvalue weighted by Crippen LogP contribution is 2.04. The summed E-state index contributed by atoms with van der Waals surface area (Å²) in [5.74, 6) is 5.91. The lowest BCUT2D eigenvalue weighted by atomic mass is 10.2. The van der Waals surface area contributed by atoms with E-state index in [9.17, 15) is 0 Å². The van der Waals surface area contributed by atoms with E-state index in [1.807, 2.05) is 6.92 Å². The number of nitrogens with zero attached hydrogens (tertiary/aromatic N) is 1. The fourth-order valence-corrected chi connectivity index (χ4v) is 1.43. The number of aliphatic hydroxyl groups excluding tert-OH is 1.